The SMILES string of the molecule is O=S(=O)(O)c1cccc2ccccc12.Oc1ccccc1. The van der Waals surface area contributed by atoms with Gasteiger partial charge in [-0.15, -0.1) is 0 Å². The number of para-hydroxylation sites is 1. The van der Waals surface area contributed by atoms with Crippen LogP contribution in [-0.4, -0.2) is 18.1 Å². The third-order valence-corrected chi connectivity index (χ3v) is 3.70. The topological polar surface area (TPSA) is 74.6 Å². The Morgan fingerprint density at radius 3 is 1.86 bits per heavy atom. The molecule has 0 aromatic heterocycles. The highest BCUT2D eigenvalue weighted by atomic mass is 32.2. The van der Waals surface area contributed by atoms with E-state index in [0.717, 1.165) is 5.39 Å². The van der Waals surface area contributed by atoms with Gasteiger partial charge in [0.1, 0.15) is 10.6 Å². The van der Waals surface area contributed by atoms with Crippen molar-refractivity contribution in [3.63, 3.8) is 0 Å². The molecule has 0 spiro atoms. The Labute approximate surface area is 123 Å². The first-order valence-electron chi connectivity index (χ1n) is 6.18. The number of aromatic hydroxyl groups is 1. The van der Waals surface area contributed by atoms with Crippen LogP contribution < -0.4 is 0 Å². The lowest BCUT2D eigenvalue weighted by atomic mass is 10.1. The molecule has 5 heteroatoms. The first-order valence-corrected chi connectivity index (χ1v) is 7.62. The van der Waals surface area contributed by atoms with Gasteiger partial charge in [0.25, 0.3) is 10.1 Å². The van der Waals surface area contributed by atoms with Crippen LogP contribution in [0.4, 0.5) is 0 Å². The number of hydrogen-bond donors (Lipinski definition) is 2. The van der Waals surface area contributed by atoms with Crippen molar-refractivity contribution in [2.75, 3.05) is 0 Å². The highest BCUT2D eigenvalue weighted by Crippen LogP contribution is 2.21. The normalized spacial score (nSPS) is 10.7. The molecule has 0 fully saturated rings. The summed E-state index contributed by atoms with van der Waals surface area (Å²) in [6, 6.07) is 20.5. The summed E-state index contributed by atoms with van der Waals surface area (Å²) < 4.78 is 31.0. The number of rotatable bonds is 1. The van der Waals surface area contributed by atoms with Crippen molar-refractivity contribution in [1.82, 2.24) is 0 Å². The Hall–Kier alpha value is -2.37. The van der Waals surface area contributed by atoms with Crippen molar-refractivity contribution in [2.24, 2.45) is 0 Å². The maximum Gasteiger partial charge on any atom is 0.295 e. The molecule has 0 heterocycles. The molecule has 0 unspecified atom stereocenters. The minimum atomic E-state index is -4.13. The first kappa shape index (κ1) is 15.0. The molecule has 21 heavy (non-hydrogen) atoms. The zero-order valence-electron chi connectivity index (χ0n) is 11.0. The minimum absolute atomic E-state index is 0.0457. The van der Waals surface area contributed by atoms with Crippen molar-refractivity contribution in [1.29, 1.82) is 0 Å². The number of hydrogen-bond acceptors (Lipinski definition) is 3. The van der Waals surface area contributed by atoms with Crippen LogP contribution in [0.2, 0.25) is 0 Å². The molecule has 2 N–H and O–H groups in total. The predicted octanol–water partition coefficient (Wildman–Crippen LogP) is 3.48. The monoisotopic (exact) mass is 302 g/mol. The average Bonchev–Trinajstić information content (AvgIpc) is 2.47. The Bertz CT molecular complexity index is 822. The molecular formula is C16H14O4S. The third kappa shape index (κ3) is 4.05. The molecule has 0 radical (unpaired) electrons. The van der Waals surface area contributed by atoms with E-state index in [1.54, 1.807) is 54.6 Å². The third-order valence-electron chi connectivity index (χ3n) is 2.78. The van der Waals surface area contributed by atoms with Crippen LogP contribution in [0.1, 0.15) is 0 Å². The predicted molar refractivity (Wildman–Crippen MR) is 81.9 cm³/mol. The molecular weight excluding hydrogens is 288 g/mol. The molecule has 0 aliphatic heterocycles. The summed E-state index contributed by atoms with van der Waals surface area (Å²) in [5, 5.41) is 9.97. The van der Waals surface area contributed by atoms with Gasteiger partial charge in [-0.05, 0) is 23.6 Å². The quantitative estimate of drug-likeness (QED) is 0.675. The van der Waals surface area contributed by atoms with Gasteiger partial charge < -0.3 is 5.11 Å². The Morgan fingerprint density at radius 1 is 0.714 bits per heavy atom. The lowest BCUT2D eigenvalue weighted by molar-refractivity contribution is 0.475. The maximum atomic E-state index is 11.0. The number of phenolic OH excluding ortho intramolecular Hbond substituents is 1. The summed E-state index contributed by atoms with van der Waals surface area (Å²) in [4.78, 5) is -0.0457. The zero-order chi connectivity index (χ0) is 15.3. The lowest BCUT2D eigenvalue weighted by Crippen LogP contribution is -1.98. The summed E-state index contributed by atoms with van der Waals surface area (Å²) >= 11 is 0. The van der Waals surface area contributed by atoms with E-state index in [-0.39, 0.29) is 4.90 Å². The summed E-state index contributed by atoms with van der Waals surface area (Å²) in [5.74, 6) is 0.322. The Kier molecular flexibility index (Phi) is 4.57. The van der Waals surface area contributed by atoms with Gasteiger partial charge in [-0.3, -0.25) is 4.55 Å². The van der Waals surface area contributed by atoms with Gasteiger partial charge in [-0.1, -0.05) is 54.6 Å². The molecule has 0 bridgehead atoms. The van der Waals surface area contributed by atoms with Gasteiger partial charge in [0.05, 0.1) is 0 Å². The largest absolute Gasteiger partial charge is 0.508 e. The molecule has 0 atom stereocenters. The van der Waals surface area contributed by atoms with E-state index < -0.39 is 10.1 Å². The highest BCUT2D eigenvalue weighted by molar-refractivity contribution is 7.86. The molecule has 0 saturated carbocycles. The molecule has 0 aliphatic carbocycles. The average molecular weight is 302 g/mol. The van der Waals surface area contributed by atoms with Crippen LogP contribution in [0.5, 0.6) is 5.75 Å². The van der Waals surface area contributed by atoms with E-state index in [2.05, 4.69) is 0 Å². The molecule has 108 valence electrons. The summed E-state index contributed by atoms with van der Waals surface area (Å²) in [6.07, 6.45) is 0. The smallest absolute Gasteiger partial charge is 0.295 e. The van der Waals surface area contributed by atoms with Crippen molar-refractivity contribution in [3.8, 4) is 5.75 Å². The van der Waals surface area contributed by atoms with E-state index in [0.29, 0.717) is 11.1 Å². The van der Waals surface area contributed by atoms with Crippen molar-refractivity contribution < 1.29 is 18.1 Å². The molecule has 3 aromatic rings. The standard InChI is InChI=1S/C10H8O3S.C6H6O/c11-14(12,13)10-7-3-5-8-4-1-2-6-9(8)10;7-6-4-2-1-3-5-6/h1-7H,(H,11,12,13);1-5,7H. The van der Waals surface area contributed by atoms with Crippen LogP contribution in [0.3, 0.4) is 0 Å². The summed E-state index contributed by atoms with van der Waals surface area (Å²) in [7, 11) is -4.13. The van der Waals surface area contributed by atoms with E-state index in [9.17, 15) is 8.42 Å². The first-order chi connectivity index (χ1) is 9.98. The van der Waals surface area contributed by atoms with Gasteiger partial charge in [-0.2, -0.15) is 8.42 Å². The Morgan fingerprint density at radius 2 is 1.29 bits per heavy atom. The molecule has 3 aromatic carbocycles. The molecule has 0 amide bonds. The van der Waals surface area contributed by atoms with Crippen molar-refractivity contribution in [2.45, 2.75) is 4.90 Å². The fourth-order valence-corrected chi connectivity index (χ4v) is 2.56. The minimum Gasteiger partial charge on any atom is -0.508 e. The van der Waals surface area contributed by atoms with Gasteiger partial charge in [0.15, 0.2) is 0 Å². The highest BCUT2D eigenvalue weighted by Gasteiger charge is 2.12. The summed E-state index contributed by atoms with van der Waals surface area (Å²) in [5.41, 5.74) is 0. The number of fused-ring (bicyclic) bond motifs is 1. The molecule has 4 nitrogen and oxygen atoms in total. The van der Waals surface area contributed by atoms with E-state index >= 15 is 0 Å². The second-order valence-electron chi connectivity index (χ2n) is 4.29. The Balaban J connectivity index is 0.000000194. The lowest BCUT2D eigenvalue weighted by Gasteiger charge is -2.02. The van der Waals surface area contributed by atoms with E-state index in [4.69, 9.17) is 9.66 Å². The van der Waals surface area contributed by atoms with E-state index in [1.807, 2.05) is 12.1 Å². The van der Waals surface area contributed by atoms with Crippen molar-refractivity contribution in [3.05, 3.63) is 72.8 Å². The van der Waals surface area contributed by atoms with Gasteiger partial charge in [-0.25, -0.2) is 0 Å². The fourth-order valence-electron chi connectivity index (χ4n) is 1.85. The second kappa shape index (κ2) is 6.39. The van der Waals surface area contributed by atoms with Gasteiger partial charge in [0.2, 0.25) is 0 Å². The van der Waals surface area contributed by atoms with Gasteiger partial charge in [0, 0.05) is 5.39 Å². The van der Waals surface area contributed by atoms with Crippen molar-refractivity contribution >= 4 is 20.9 Å². The van der Waals surface area contributed by atoms with E-state index in [1.165, 1.54) is 6.07 Å². The van der Waals surface area contributed by atoms with Crippen LogP contribution in [0, 0.1) is 0 Å². The molecule has 0 saturated heterocycles. The summed E-state index contributed by atoms with van der Waals surface area (Å²) in [6.45, 7) is 0. The number of benzene rings is 3. The maximum absolute atomic E-state index is 11.0. The van der Waals surface area contributed by atoms with Crippen LogP contribution >= 0.6 is 0 Å². The van der Waals surface area contributed by atoms with Crippen LogP contribution in [0.15, 0.2) is 77.7 Å². The van der Waals surface area contributed by atoms with Crippen LogP contribution in [0.25, 0.3) is 10.8 Å². The van der Waals surface area contributed by atoms with Gasteiger partial charge >= 0.3 is 0 Å². The molecule has 0 aliphatic rings. The number of phenols is 1. The fraction of sp³-hybridized carbons (Fsp3) is 0. The second-order valence-corrected chi connectivity index (χ2v) is 5.68. The molecule has 3 rings (SSSR count). The van der Waals surface area contributed by atoms with Crippen LogP contribution in [-0.2, 0) is 10.1 Å². The zero-order valence-corrected chi connectivity index (χ0v) is 11.9.